The normalized spacial score (nSPS) is 10.5. The highest BCUT2D eigenvalue weighted by Gasteiger charge is 2.10. The van der Waals surface area contributed by atoms with E-state index in [1.165, 1.54) is 10.4 Å². The maximum atomic E-state index is 5.24. The number of nitrogens with one attached hydrogen (secondary N) is 1. The average Bonchev–Trinajstić information content (AvgIpc) is 2.89. The van der Waals surface area contributed by atoms with Crippen molar-refractivity contribution in [3.63, 3.8) is 0 Å². The average molecular weight is 310 g/mol. The van der Waals surface area contributed by atoms with Crippen LogP contribution < -0.4 is 10.1 Å². The number of ether oxygens (including phenoxy) is 1. The van der Waals surface area contributed by atoms with Gasteiger partial charge in [-0.25, -0.2) is 4.98 Å². The maximum absolute atomic E-state index is 5.24. The van der Waals surface area contributed by atoms with Crippen LogP contribution in [0.4, 0.5) is 10.8 Å². The summed E-state index contributed by atoms with van der Waals surface area (Å²) in [6.07, 6.45) is 0. The number of hydrogen-bond donors (Lipinski definition) is 1. The number of hydrogen-bond acceptors (Lipinski definition) is 4. The van der Waals surface area contributed by atoms with Crippen molar-refractivity contribution in [1.29, 1.82) is 0 Å². The van der Waals surface area contributed by atoms with Crippen molar-refractivity contribution in [3.05, 3.63) is 59.0 Å². The van der Waals surface area contributed by atoms with E-state index in [9.17, 15) is 0 Å². The van der Waals surface area contributed by atoms with Gasteiger partial charge in [0.05, 0.1) is 12.8 Å². The maximum Gasteiger partial charge on any atom is 0.187 e. The van der Waals surface area contributed by atoms with Crippen LogP contribution in [-0.2, 0) is 0 Å². The van der Waals surface area contributed by atoms with Gasteiger partial charge in [0, 0.05) is 22.2 Å². The number of aryl methyl sites for hydroxylation is 2. The Kier molecular flexibility index (Phi) is 4.11. The molecular weight excluding hydrogens is 292 g/mol. The Balaban J connectivity index is 1.87. The molecule has 22 heavy (non-hydrogen) atoms. The van der Waals surface area contributed by atoms with Crippen LogP contribution in [0.15, 0.2) is 48.5 Å². The van der Waals surface area contributed by atoms with Gasteiger partial charge in [0.25, 0.3) is 0 Å². The number of rotatable bonds is 4. The van der Waals surface area contributed by atoms with Crippen molar-refractivity contribution in [3.8, 4) is 17.0 Å². The minimum absolute atomic E-state index is 0.831. The zero-order valence-corrected chi connectivity index (χ0v) is 13.7. The Morgan fingerprint density at radius 2 is 1.82 bits per heavy atom. The highest BCUT2D eigenvalue weighted by Crippen LogP contribution is 2.32. The van der Waals surface area contributed by atoms with Gasteiger partial charge in [0.1, 0.15) is 5.75 Å². The van der Waals surface area contributed by atoms with Crippen LogP contribution >= 0.6 is 11.3 Å². The number of nitrogens with zero attached hydrogens (tertiary/aromatic N) is 1. The van der Waals surface area contributed by atoms with Crippen molar-refractivity contribution < 1.29 is 4.74 Å². The van der Waals surface area contributed by atoms with Gasteiger partial charge in [-0.1, -0.05) is 35.9 Å². The Morgan fingerprint density at radius 1 is 1.05 bits per heavy atom. The number of thiazole rings is 1. The molecule has 3 nitrogen and oxygen atoms in total. The van der Waals surface area contributed by atoms with Gasteiger partial charge in [0.15, 0.2) is 5.13 Å². The lowest BCUT2D eigenvalue weighted by molar-refractivity contribution is 0.415. The predicted octanol–water partition coefficient (Wildman–Crippen LogP) is 5.18. The molecule has 1 aromatic heterocycles. The van der Waals surface area contributed by atoms with E-state index in [1.807, 2.05) is 24.3 Å². The highest BCUT2D eigenvalue weighted by molar-refractivity contribution is 7.16. The smallest absolute Gasteiger partial charge is 0.187 e. The zero-order chi connectivity index (χ0) is 15.5. The quantitative estimate of drug-likeness (QED) is 0.721. The molecule has 3 aromatic rings. The molecule has 2 aromatic carbocycles. The van der Waals surface area contributed by atoms with Gasteiger partial charge in [-0.3, -0.25) is 0 Å². The summed E-state index contributed by atoms with van der Waals surface area (Å²) in [6.45, 7) is 4.19. The molecular formula is C18H18N2OS. The standard InChI is InChI=1S/C18H18N2OS/c1-12-7-9-14(10-8-12)17-13(2)22-18(20-17)19-15-5-4-6-16(11-15)21-3/h4-11H,1-3H3,(H,19,20). The number of benzene rings is 2. The molecule has 0 amide bonds. The Labute approximate surface area is 134 Å². The summed E-state index contributed by atoms with van der Waals surface area (Å²) in [4.78, 5) is 5.93. The lowest BCUT2D eigenvalue weighted by Crippen LogP contribution is -1.91. The molecule has 0 atom stereocenters. The molecule has 0 aliphatic carbocycles. The summed E-state index contributed by atoms with van der Waals surface area (Å²) in [5.74, 6) is 0.831. The lowest BCUT2D eigenvalue weighted by Gasteiger charge is -2.04. The van der Waals surface area contributed by atoms with Crippen LogP contribution in [0.2, 0.25) is 0 Å². The van der Waals surface area contributed by atoms with Crippen molar-refractivity contribution >= 4 is 22.2 Å². The number of methoxy groups -OCH3 is 1. The second-order valence-corrected chi connectivity index (χ2v) is 6.35. The van der Waals surface area contributed by atoms with Crippen LogP contribution in [0.1, 0.15) is 10.4 Å². The zero-order valence-electron chi connectivity index (χ0n) is 12.9. The van der Waals surface area contributed by atoms with Gasteiger partial charge in [-0.05, 0) is 26.0 Å². The molecule has 4 heteroatoms. The Morgan fingerprint density at radius 3 is 2.55 bits per heavy atom. The largest absolute Gasteiger partial charge is 0.497 e. The van der Waals surface area contributed by atoms with E-state index >= 15 is 0 Å². The van der Waals surface area contributed by atoms with Crippen molar-refractivity contribution in [2.24, 2.45) is 0 Å². The summed E-state index contributed by atoms with van der Waals surface area (Å²) in [7, 11) is 1.67. The Bertz CT molecular complexity index is 778. The topological polar surface area (TPSA) is 34.1 Å². The first-order valence-corrected chi connectivity index (χ1v) is 7.93. The molecule has 1 N–H and O–H groups in total. The van der Waals surface area contributed by atoms with Crippen LogP contribution in [0.5, 0.6) is 5.75 Å². The van der Waals surface area contributed by atoms with Crippen molar-refractivity contribution in [1.82, 2.24) is 4.98 Å². The van der Waals surface area contributed by atoms with Gasteiger partial charge in [-0.2, -0.15) is 0 Å². The van der Waals surface area contributed by atoms with Crippen LogP contribution in [0, 0.1) is 13.8 Å². The summed E-state index contributed by atoms with van der Waals surface area (Å²) in [5.41, 5.74) is 4.42. The minimum Gasteiger partial charge on any atom is -0.497 e. The summed E-state index contributed by atoms with van der Waals surface area (Å²) in [5, 5.41) is 4.24. The van der Waals surface area contributed by atoms with E-state index in [0.29, 0.717) is 0 Å². The van der Waals surface area contributed by atoms with Gasteiger partial charge in [-0.15, -0.1) is 11.3 Å². The molecule has 0 aliphatic heterocycles. The van der Waals surface area contributed by atoms with E-state index in [-0.39, 0.29) is 0 Å². The summed E-state index contributed by atoms with van der Waals surface area (Å²) >= 11 is 1.66. The first kappa shape index (κ1) is 14.6. The van der Waals surface area contributed by atoms with Crippen LogP contribution in [-0.4, -0.2) is 12.1 Å². The van der Waals surface area contributed by atoms with Crippen LogP contribution in [0.25, 0.3) is 11.3 Å². The first-order valence-electron chi connectivity index (χ1n) is 7.11. The first-order chi connectivity index (χ1) is 10.7. The molecule has 0 saturated carbocycles. The molecule has 0 saturated heterocycles. The van der Waals surface area contributed by atoms with Crippen LogP contribution in [0.3, 0.4) is 0 Å². The van der Waals surface area contributed by atoms with Gasteiger partial charge in [0.2, 0.25) is 0 Å². The Hall–Kier alpha value is -2.33. The SMILES string of the molecule is COc1cccc(Nc2nc(-c3ccc(C)cc3)c(C)s2)c1. The molecule has 1 heterocycles. The molecule has 0 spiro atoms. The molecule has 0 unspecified atom stereocenters. The second-order valence-electron chi connectivity index (χ2n) is 5.15. The third-order valence-corrected chi connectivity index (χ3v) is 4.33. The van der Waals surface area contributed by atoms with E-state index < -0.39 is 0 Å². The summed E-state index contributed by atoms with van der Waals surface area (Å²) < 4.78 is 5.24. The number of aromatic nitrogens is 1. The van der Waals surface area contributed by atoms with Gasteiger partial charge >= 0.3 is 0 Å². The van der Waals surface area contributed by atoms with E-state index in [0.717, 1.165) is 27.8 Å². The highest BCUT2D eigenvalue weighted by atomic mass is 32.1. The molecule has 0 radical (unpaired) electrons. The van der Waals surface area contributed by atoms with E-state index in [1.54, 1.807) is 18.4 Å². The second kappa shape index (κ2) is 6.20. The minimum atomic E-state index is 0.831. The fourth-order valence-electron chi connectivity index (χ4n) is 2.25. The lowest BCUT2D eigenvalue weighted by atomic mass is 10.1. The van der Waals surface area contributed by atoms with E-state index in [2.05, 4.69) is 43.4 Å². The third-order valence-electron chi connectivity index (χ3n) is 3.44. The van der Waals surface area contributed by atoms with Gasteiger partial charge < -0.3 is 10.1 Å². The molecule has 112 valence electrons. The molecule has 3 rings (SSSR count). The summed E-state index contributed by atoms with van der Waals surface area (Å²) in [6, 6.07) is 16.3. The monoisotopic (exact) mass is 310 g/mol. The molecule has 0 bridgehead atoms. The van der Waals surface area contributed by atoms with Crippen molar-refractivity contribution in [2.45, 2.75) is 13.8 Å². The fourth-order valence-corrected chi connectivity index (χ4v) is 3.11. The number of anilines is 2. The molecule has 0 aliphatic rings. The predicted molar refractivity (Wildman–Crippen MR) is 93.3 cm³/mol. The van der Waals surface area contributed by atoms with E-state index in [4.69, 9.17) is 9.72 Å². The van der Waals surface area contributed by atoms with Crippen molar-refractivity contribution in [2.75, 3.05) is 12.4 Å². The fraction of sp³-hybridized carbons (Fsp3) is 0.167. The third kappa shape index (κ3) is 3.12. The molecule has 0 fully saturated rings.